The summed E-state index contributed by atoms with van der Waals surface area (Å²) in [6, 6.07) is 20.0. The van der Waals surface area contributed by atoms with Gasteiger partial charge in [-0.25, -0.2) is 13.8 Å². The maximum absolute atomic E-state index is 14.5. The number of hydrogen-bond acceptors (Lipinski definition) is 4. The predicted molar refractivity (Wildman–Crippen MR) is 131 cm³/mol. The van der Waals surface area contributed by atoms with Crippen LogP contribution in [0.25, 0.3) is 16.7 Å². The minimum Gasteiger partial charge on any atom is -0.345 e. The number of aromatic nitrogens is 3. The maximum Gasteiger partial charge on any atom is 0.267 e. The first kappa shape index (κ1) is 23.1. The van der Waals surface area contributed by atoms with Gasteiger partial charge in [-0.1, -0.05) is 60.7 Å². The standard InChI is InChI=1S/C27H21F2N5O2/c1-16(18-10-6-3-7-11-18)31-26(35)20-13-21-24(33(23(20)30)14-17-8-4-2-5-9-17)32-25-22(29)12-19(28)15-34(25)27(21)36/h2-13,15-16,30H,14H2,1H3,(H,31,35)/t16-/m0/s1. The Balaban J connectivity index is 1.73. The Bertz CT molecular complexity index is 1730. The van der Waals surface area contributed by atoms with Crippen LogP contribution in [0.5, 0.6) is 0 Å². The van der Waals surface area contributed by atoms with Crippen LogP contribution >= 0.6 is 0 Å². The third-order valence-corrected chi connectivity index (χ3v) is 6.01. The van der Waals surface area contributed by atoms with Crippen molar-refractivity contribution in [2.24, 2.45) is 0 Å². The number of fused-ring (bicyclic) bond motifs is 2. The van der Waals surface area contributed by atoms with Crippen molar-refractivity contribution in [3.8, 4) is 0 Å². The van der Waals surface area contributed by atoms with Gasteiger partial charge in [0.25, 0.3) is 11.5 Å². The lowest BCUT2D eigenvalue weighted by atomic mass is 10.1. The van der Waals surface area contributed by atoms with Crippen LogP contribution < -0.4 is 16.4 Å². The van der Waals surface area contributed by atoms with Gasteiger partial charge in [-0.2, -0.15) is 0 Å². The Hall–Kier alpha value is -4.66. The highest BCUT2D eigenvalue weighted by Gasteiger charge is 2.20. The summed E-state index contributed by atoms with van der Waals surface area (Å²) in [5.74, 6) is -2.51. The Morgan fingerprint density at radius 3 is 2.39 bits per heavy atom. The smallest absolute Gasteiger partial charge is 0.267 e. The number of nitrogens with zero attached hydrogens (tertiary/aromatic N) is 3. The summed E-state index contributed by atoms with van der Waals surface area (Å²) in [6.07, 6.45) is 0.848. The molecule has 36 heavy (non-hydrogen) atoms. The molecule has 9 heteroatoms. The molecule has 0 aliphatic carbocycles. The lowest BCUT2D eigenvalue weighted by Gasteiger charge is -2.17. The first-order valence-electron chi connectivity index (χ1n) is 11.2. The van der Waals surface area contributed by atoms with Gasteiger partial charge >= 0.3 is 0 Å². The van der Waals surface area contributed by atoms with Crippen LogP contribution in [0.15, 0.2) is 83.8 Å². The maximum atomic E-state index is 14.5. The Morgan fingerprint density at radius 2 is 1.69 bits per heavy atom. The normalized spacial score (nSPS) is 12.1. The van der Waals surface area contributed by atoms with E-state index in [1.807, 2.05) is 67.6 Å². The number of amides is 1. The highest BCUT2D eigenvalue weighted by atomic mass is 19.1. The molecule has 7 nitrogen and oxygen atoms in total. The molecule has 3 aromatic heterocycles. The van der Waals surface area contributed by atoms with Gasteiger partial charge in [0.2, 0.25) is 0 Å². The molecule has 180 valence electrons. The van der Waals surface area contributed by atoms with Gasteiger partial charge in [-0.05, 0) is 24.1 Å². The number of pyridine rings is 2. The Morgan fingerprint density at radius 1 is 1.03 bits per heavy atom. The van der Waals surface area contributed by atoms with E-state index in [0.29, 0.717) is 6.07 Å². The van der Waals surface area contributed by atoms with Crippen molar-refractivity contribution in [1.29, 1.82) is 5.41 Å². The molecule has 0 fully saturated rings. The van der Waals surface area contributed by atoms with E-state index in [9.17, 15) is 18.4 Å². The van der Waals surface area contributed by atoms with Crippen LogP contribution in [0.4, 0.5) is 8.78 Å². The fraction of sp³-hybridized carbons (Fsp3) is 0.111. The first-order valence-corrected chi connectivity index (χ1v) is 11.2. The van der Waals surface area contributed by atoms with E-state index in [0.717, 1.165) is 21.7 Å². The van der Waals surface area contributed by atoms with E-state index in [1.165, 1.54) is 10.6 Å². The molecule has 0 radical (unpaired) electrons. The summed E-state index contributed by atoms with van der Waals surface area (Å²) in [6.45, 7) is 1.92. The van der Waals surface area contributed by atoms with Crippen LogP contribution in [-0.2, 0) is 6.54 Å². The minimum atomic E-state index is -1.01. The number of nitrogens with one attached hydrogen (secondary N) is 2. The summed E-state index contributed by atoms with van der Waals surface area (Å²) in [4.78, 5) is 30.9. The topological polar surface area (TPSA) is 92.2 Å². The number of carbonyl (C=O) groups excluding carboxylic acids is 1. The van der Waals surface area contributed by atoms with Crippen LogP contribution in [0.1, 0.15) is 34.5 Å². The van der Waals surface area contributed by atoms with Crippen molar-refractivity contribution in [1.82, 2.24) is 19.3 Å². The monoisotopic (exact) mass is 485 g/mol. The zero-order valence-electron chi connectivity index (χ0n) is 19.2. The van der Waals surface area contributed by atoms with Gasteiger partial charge in [0.15, 0.2) is 11.5 Å². The summed E-state index contributed by atoms with van der Waals surface area (Å²) in [5, 5.41) is 11.6. The molecule has 0 aliphatic rings. The van der Waals surface area contributed by atoms with Crippen molar-refractivity contribution < 1.29 is 13.6 Å². The van der Waals surface area contributed by atoms with E-state index in [4.69, 9.17) is 5.41 Å². The quantitative estimate of drug-likeness (QED) is 0.370. The van der Waals surface area contributed by atoms with Crippen molar-refractivity contribution in [2.75, 3.05) is 0 Å². The number of halogens is 2. The lowest BCUT2D eigenvalue weighted by Crippen LogP contribution is -2.36. The molecule has 0 bridgehead atoms. The molecule has 1 amide bonds. The van der Waals surface area contributed by atoms with Gasteiger partial charge in [0.1, 0.15) is 17.0 Å². The van der Waals surface area contributed by atoms with Crippen LogP contribution in [0, 0.1) is 17.0 Å². The summed E-state index contributed by atoms with van der Waals surface area (Å²) in [7, 11) is 0. The Kier molecular flexibility index (Phi) is 5.89. The van der Waals surface area contributed by atoms with Crippen LogP contribution in [0.2, 0.25) is 0 Å². The summed E-state index contributed by atoms with van der Waals surface area (Å²) in [5.41, 5.74) is 0.306. The SMILES string of the molecule is C[C@H](NC(=O)c1cc2c(=O)n3cc(F)cc(F)c3nc2n(Cc2ccccc2)c1=N)c1ccccc1. The van der Waals surface area contributed by atoms with Gasteiger partial charge in [0.05, 0.1) is 29.7 Å². The second-order valence-electron chi connectivity index (χ2n) is 8.44. The van der Waals surface area contributed by atoms with Crippen molar-refractivity contribution in [3.05, 3.63) is 123 Å². The minimum absolute atomic E-state index is 0.0204. The fourth-order valence-corrected chi connectivity index (χ4v) is 4.16. The van der Waals surface area contributed by atoms with Gasteiger partial charge in [0, 0.05) is 6.07 Å². The largest absolute Gasteiger partial charge is 0.345 e. The summed E-state index contributed by atoms with van der Waals surface area (Å²) < 4.78 is 30.6. The highest BCUT2D eigenvalue weighted by molar-refractivity contribution is 5.97. The van der Waals surface area contributed by atoms with Crippen molar-refractivity contribution >= 4 is 22.6 Å². The molecule has 0 saturated heterocycles. The molecule has 0 unspecified atom stereocenters. The summed E-state index contributed by atoms with van der Waals surface area (Å²) >= 11 is 0. The second kappa shape index (κ2) is 9.18. The lowest BCUT2D eigenvalue weighted by molar-refractivity contribution is 0.0937. The van der Waals surface area contributed by atoms with E-state index in [1.54, 1.807) is 0 Å². The second-order valence-corrected chi connectivity index (χ2v) is 8.44. The predicted octanol–water partition coefficient (Wildman–Crippen LogP) is 3.95. The third-order valence-electron chi connectivity index (χ3n) is 6.01. The average Bonchev–Trinajstić information content (AvgIpc) is 2.87. The number of rotatable bonds is 5. The first-order chi connectivity index (χ1) is 17.3. The number of hydrogen-bond donors (Lipinski definition) is 2. The molecule has 0 aliphatic heterocycles. The van der Waals surface area contributed by atoms with Crippen molar-refractivity contribution in [2.45, 2.75) is 19.5 Å². The molecule has 0 saturated carbocycles. The van der Waals surface area contributed by atoms with Crippen molar-refractivity contribution in [3.63, 3.8) is 0 Å². The molecule has 2 N–H and O–H groups in total. The molecule has 0 spiro atoms. The highest BCUT2D eigenvalue weighted by Crippen LogP contribution is 2.16. The van der Waals surface area contributed by atoms with E-state index >= 15 is 0 Å². The zero-order chi connectivity index (χ0) is 25.4. The van der Waals surface area contributed by atoms with Gasteiger partial charge in [-0.3, -0.25) is 19.4 Å². The molecule has 5 aromatic rings. The zero-order valence-corrected chi connectivity index (χ0v) is 19.2. The van der Waals surface area contributed by atoms with E-state index in [2.05, 4.69) is 10.3 Å². The van der Waals surface area contributed by atoms with Crippen LogP contribution in [0.3, 0.4) is 0 Å². The molecular weight excluding hydrogens is 464 g/mol. The number of carbonyl (C=O) groups is 1. The number of benzene rings is 2. The molecule has 1 atom stereocenters. The van der Waals surface area contributed by atoms with Crippen LogP contribution in [-0.4, -0.2) is 19.9 Å². The Labute approximate surface area is 203 Å². The molecular formula is C27H21F2N5O2. The molecule has 3 heterocycles. The average molecular weight is 485 g/mol. The third kappa shape index (κ3) is 4.15. The van der Waals surface area contributed by atoms with E-state index in [-0.39, 0.29) is 40.3 Å². The fourth-order valence-electron chi connectivity index (χ4n) is 4.16. The van der Waals surface area contributed by atoms with E-state index < -0.39 is 23.1 Å². The van der Waals surface area contributed by atoms with Gasteiger partial charge in [-0.15, -0.1) is 0 Å². The molecule has 2 aromatic carbocycles. The van der Waals surface area contributed by atoms with Gasteiger partial charge < -0.3 is 9.88 Å². The molecule has 5 rings (SSSR count).